The largest absolute Gasteiger partial charge is 0.376 e. The van der Waals surface area contributed by atoms with Crippen LogP contribution in [0.5, 0.6) is 0 Å². The first-order valence-electron chi connectivity index (χ1n) is 9.43. The molecule has 4 rings (SSSR count). The Hall–Kier alpha value is -2.74. The highest BCUT2D eigenvalue weighted by Crippen LogP contribution is 2.16. The average Bonchev–Trinajstić information content (AvgIpc) is 3.34. The molecule has 2 aromatic heterocycles. The van der Waals surface area contributed by atoms with Crippen LogP contribution >= 0.6 is 0 Å². The van der Waals surface area contributed by atoms with Gasteiger partial charge in [-0.15, -0.1) is 10.2 Å². The Kier molecular flexibility index (Phi) is 4.89. The van der Waals surface area contributed by atoms with Crippen molar-refractivity contribution in [3.05, 3.63) is 40.4 Å². The normalized spacial score (nSPS) is 17.0. The molecule has 8 nitrogen and oxygen atoms in total. The Labute approximate surface area is 156 Å². The zero-order valence-corrected chi connectivity index (χ0v) is 15.4. The lowest BCUT2D eigenvalue weighted by molar-refractivity contribution is -0.122. The highest BCUT2D eigenvalue weighted by Gasteiger charge is 2.19. The molecule has 142 valence electrons. The molecule has 0 radical (unpaired) electrons. The first-order chi connectivity index (χ1) is 13.2. The molecule has 1 aliphatic heterocycles. The van der Waals surface area contributed by atoms with Crippen LogP contribution in [-0.4, -0.2) is 44.3 Å². The highest BCUT2D eigenvalue weighted by molar-refractivity contribution is 5.82. The van der Waals surface area contributed by atoms with Crippen molar-refractivity contribution in [2.45, 2.75) is 45.3 Å². The Morgan fingerprint density at radius 3 is 2.85 bits per heavy atom. The van der Waals surface area contributed by atoms with Gasteiger partial charge in [0.1, 0.15) is 12.4 Å². The number of nitrogens with one attached hydrogen (secondary N) is 1. The molecule has 0 bridgehead atoms. The fourth-order valence-electron chi connectivity index (χ4n) is 3.59. The van der Waals surface area contributed by atoms with Gasteiger partial charge in [0.25, 0.3) is 5.56 Å². The number of hydrogen-bond acceptors (Lipinski definition) is 5. The summed E-state index contributed by atoms with van der Waals surface area (Å²) >= 11 is 0. The molecule has 0 spiro atoms. The molecule has 8 heteroatoms. The first-order valence-corrected chi connectivity index (χ1v) is 9.43. The van der Waals surface area contributed by atoms with Crippen LogP contribution in [0.2, 0.25) is 0 Å². The third kappa shape index (κ3) is 3.32. The summed E-state index contributed by atoms with van der Waals surface area (Å²) in [5.41, 5.74) is 1.46. The summed E-state index contributed by atoms with van der Waals surface area (Å²) < 4.78 is 8.81. The predicted molar refractivity (Wildman–Crippen MR) is 101 cm³/mol. The van der Waals surface area contributed by atoms with E-state index in [4.69, 9.17) is 4.74 Å². The fourth-order valence-corrected chi connectivity index (χ4v) is 3.59. The molecule has 3 aromatic rings. The second-order valence-electron chi connectivity index (χ2n) is 6.84. The van der Waals surface area contributed by atoms with Gasteiger partial charge >= 0.3 is 0 Å². The SMILES string of the molecule is CCCc1nnc2c(=O)n(CC(=O)NC[C@@H]3CCCO3)c3ccccc3n12. The zero-order valence-electron chi connectivity index (χ0n) is 15.4. The molecule has 0 saturated carbocycles. The minimum atomic E-state index is -0.309. The number of carbonyl (C=O) groups is 1. The number of aryl methyl sites for hydroxylation is 1. The zero-order chi connectivity index (χ0) is 18.8. The number of para-hydroxylation sites is 2. The molecule has 1 saturated heterocycles. The highest BCUT2D eigenvalue weighted by atomic mass is 16.5. The summed E-state index contributed by atoms with van der Waals surface area (Å²) in [7, 11) is 0. The number of nitrogens with zero attached hydrogens (tertiary/aromatic N) is 4. The molecular weight excluding hydrogens is 346 g/mol. The van der Waals surface area contributed by atoms with Crippen LogP contribution in [0.3, 0.4) is 0 Å². The van der Waals surface area contributed by atoms with Crippen LogP contribution < -0.4 is 10.9 Å². The molecule has 3 heterocycles. The van der Waals surface area contributed by atoms with Crippen molar-refractivity contribution in [1.82, 2.24) is 24.5 Å². The second kappa shape index (κ2) is 7.48. The van der Waals surface area contributed by atoms with Gasteiger partial charge in [0.2, 0.25) is 11.6 Å². The molecule has 0 aliphatic carbocycles. The van der Waals surface area contributed by atoms with Gasteiger partial charge in [0.05, 0.1) is 17.1 Å². The Morgan fingerprint density at radius 1 is 1.30 bits per heavy atom. The van der Waals surface area contributed by atoms with Gasteiger partial charge in [0, 0.05) is 19.6 Å². The van der Waals surface area contributed by atoms with E-state index in [0.29, 0.717) is 12.1 Å². The van der Waals surface area contributed by atoms with Crippen LogP contribution in [0.1, 0.15) is 32.0 Å². The number of rotatable bonds is 6. The predicted octanol–water partition coefficient (Wildman–Crippen LogP) is 1.29. The number of aromatic nitrogens is 4. The van der Waals surface area contributed by atoms with Crippen LogP contribution in [0.15, 0.2) is 29.1 Å². The summed E-state index contributed by atoms with van der Waals surface area (Å²) in [6.45, 7) is 3.22. The van der Waals surface area contributed by atoms with Gasteiger partial charge in [0.15, 0.2) is 0 Å². The van der Waals surface area contributed by atoms with Crippen molar-refractivity contribution in [2.24, 2.45) is 0 Å². The van der Waals surface area contributed by atoms with Crippen LogP contribution in [0, 0.1) is 0 Å². The van der Waals surface area contributed by atoms with Crippen LogP contribution in [0.4, 0.5) is 0 Å². The molecule has 27 heavy (non-hydrogen) atoms. The monoisotopic (exact) mass is 369 g/mol. The van der Waals surface area contributed by atoms with E-state index in [9.17, 15) is 9.59 Å². The van der Waals surface area contributed by atoms with E-state index in [-0.39, 0.29) is 29.8 Å². The van der Waals surface area contributed by atoms with Crippen LogP contribution in [0.25, 0.3) is 16.7 Å². The van der Waals surface area contributed by atoms with Crippen molar-refractivity contribution < 1.29 is 9.53 Å². The number of ether oxygens (including phenoxy) is 1. The molecule has 1 aromatic carbocycles. The third-order valence-electron chi connectivity index (χ3n) is 4.91. The van der Waals surface area contributed by atoms with Crippen molar-refractivity contribution in [3.63, 3.8) is 0 Å². The second-order valence-corrected chi connectivity index (χ2v) is 6.84. The maximum atomic E-state index is 13.0. The Bertz CT molecular complexity index is 1030. The summed E-state index contributed by atoms with van der Waals surface area (Å²) in [5, 5.41) is 11.2. The number of amides is 1. The minimum Gasteiger partial charge on any atom is -0.376 e. The lowest BCUT2D eigenvalue weighted by Gasteiger charge is -2.14. The van der Waals surface area contributed by atoms with E-state index in [1.807, 2.05) is 28.7 Å². The van der Waals surface area contributed by atoms with Crippen molar-refractivity contribution in [3.8, 4) is 0 Å². The Morgan fingerprint density at radius 2 is 2.11 bits per heavy atom. The fraction of sp³-hybridized carbons (Fsp3) is 0.474. The Balaban J connectivity index is 1.70. The van der Waals surface area contributed by atoms with E-state index in [1.165, 1.54) is 4.57 Å². The minimum absolute atomic E-state index is 0.0570. The van der Waals surface area contributed by atoms with E-state index >= 15 is 0 Å². The summed E-state index contributed by atoms with van der Waals surface area (Å²) in [6.07, 6.45) is 3.68. The number of carbonyl (C=O) groups excluding carboxylic acids is 1. The van der Waals surface area contributed by atoms with Gasteiger partial charge in [-0.1, -0.05) is 19.1 Å². The third-order valence-corrected chi connectivity index (χ3v) is 4.91. The molecule has 1 fully saturated rings. The maximum absolute atomic E-state index is 13.0. The topological polar surface area (TPSA) is 90.5 Å². The quantitative estimate of drug-likeness (QED) is 0.707. The molecule has 1 aliphatic rings. The number of fused-ring (bicyclic) bond motifs is 3. The lowest BCUT2D eigenvalue weighted by Crippen LogP contribution is -2.37. The standard InChI is InChI=1S/C19H23N5O3/c1-2-6-16-21-22-18-19(26)23(14-8-3-4-9-15(14)24(16)18)12-17(25)20-11-13-7-5-10-27-13/h3-4,8-9,13H,2,5-7,10-12H2,1H3,(H,20,25)/t13-/m0/s1. The van der Waals surface area contributed by atoms with E-state index in [1.54, 1.807) is 0 Å². The summed E-state index contributed by atoms with van der Waals surface area (Å²) in [4.78, 5) is 25.4. The lowest BCUT2D eigenvalue weighted by atomic mass is 10.2. The summed E-state index contributed by atoms with van der Waals surface area (Å²) in [5.74, 6) is 0.547. The van der Waals surface area contributed by atoms with E-state index in [2.05, 4.69) is 22.4 Å². The van der Waals surface area contributed by atoms with Crippen molar-refractivity contribution >= 4 is 22.6 Å². The average molecular weight is 369 g/mol. The molecule has 1 amide bonds. The van der Waals surface area contributed by atoms with E-state index in [0.717, 1.165) is 43.6 Å². The van der Waals surface area contributed by atoms with Gasteiger partial charge in [-0.3, -0.25) is 18.6 Å². The van der Waals surface area contributed by atoms with Gasteiger partial charge in [-0.25, -0.2) is 0 Å². The van der Waals surface area contributed by atoms with E-state index < -0.39 is 0 Å². The van der Waals surface area contributed by atoms with Gasteiger partial charge < -0.3 is 10.1 Å². The molecule has 0 unspecified atom stereocenters. The van der Waals surface area contributed by atoms with Crippen LogP contribution in [-0.2, 0) is 22.5 Å². The first kappa shape index (κ1) is 17.7. The smallest absolute Gasteiger partial charge is 0.297 e. The molecular formula is C19H23N5O3. The maximum Gasteiger partial charge on any atom is 0.297 e. The molecule has 1 N–H and O–H groups in total. The summed E-state index contributed by atoms with van der Waals surface area (Å²) in [6, 6.07) is 7.53. The number of hydrogen-bond donors (Lipinski definition) is 1. The number of benzene rings is 1. The van der Waals surface area contributed by atoms with Gasteiger partial charge in [-0.05, 0) is 31.4 Å². The molecule has 1 atom stereocenters. The van der Waals surface area contributed by atoms with Gasteiger partial charge in [-0.2, -0.15) is 0 Å². The van der Waals surface area contributed by atoms with Crippen molar-refractivity contribution in [2.75, 3.05) is 13.2 Å². The van der Waals surface area contributed by atoms with Crippen molar-refractivity contribution in [1.29, 1.82) is 0 Å².